The molecule has 0 spiro atoms. The molecule has 0 amide bonds. The van der Waals surface area contributed by atoms with Crippen molar-refractivity contribution in [3.63, 3.8) is 0 Å². The second kappa shape index (κ2) is 8.19. The van der Waals surface area contributed by atoms with Crippen LogP contribution in [0, 0.1) is 5.92 Å². The molecule has 1 aromatic rings. The first-order valence-electron chi connectivity index (χ1n) is 6.71. The normalized spacial score (nSPS) is 13.3. The van der Waals surface area contributed by atoms with Crippen LogP contribution in [0.4, 0.5) is 5.69 Å². The highest BCUT2D eigenvalue weighted by Crippen LogP contribution is 2.19. The maximum Gasteiger partial charge on any atom is 0.326 e. The van der Waals surface area contributed by atoms with Crippen molar-refractivity contribution in [1.29, 1.82) is 0 Å². The number of ether oxygens (including phenoxy) is 1. The molecule has 2 N–H and O–H groups in total. The van der Waals surface area contributed by atoms with Gasteiger partial charge in [-0.15, -0.1) is 0 Å². The largest absolute Gasteiger partial charge is 0.497 e. The molecule has 0 radical (unpaired) electrons. The van der Waals surface area contributed by atoms with E-state index >= 15 is 0 Å². The summed E-state index contributed by atoms with van der Waals surface area (Å²) < 4.78 is 5.04. The molecule has 110 valence electrons. The van der Waals surface area contributed by atoms with E-state index in [1.165, 1.54) is 0 Å². The fourth-order valence-electron chi connectivity index (χ4n) is 1.97. The number of unbranched alkanes of at least 4 members (excludes halogenated alkanes) is 1. The van der Waals surface area contributed by atoms with Crippen LogP contribution in [0.1, 0.15) is 26.2 Å². The van der Waals surface area contributed by atoms with Crippen LogP contribution in [0.15, 0.2) is 24.3 Å². The minimum absolute atomic E-state index is 0.533. The smallest absolute Gasteiger partial charge is 0.326 e. The van der Waals surface area contributed by atoms with Crippen LogP contribution >= 0.6 is 0 Å². The lowest BCUT2D eigenvalue weighted by Crippen LogP contribution is -2.37. The highest BCUT2D eigenvalue weighted by Gasteiger charge is 2.27. The summed E-state index contributed by atoms with van der Waals surface area (Å²) in [7, 11) is 1.57. The second-order valence-corrected chi connectivity index (χ2v) is 4.63. The van der Waals surface area contributed by atoms with Gasteiger partial charge in [0.15, 0.2) is 0 Å². The number of carboxylic acid groups (broad SMARTS) is 1. The number of carboxylic acids is 1. The average Bonchev–Trinajstić information content (AvgIpc) is 2.47. The fraction of sp³-hybridized carbons (Fsp3) is 0.467. The fourth-order valence-corrected chi connectivity index (χ4v) is 1.97. The third-order valence-electron chi connectivity index (χ3n) is 3.17. The van der Waals surface area contributed by atoms with Crippen molar-refractivity contribution in [2.24, 2.45) is 5.92 Å². The van der Waals surface area contributed by atoms with E-state index in [9.17, 15) is 14.7 Å². The second-order valence-electron chi connectivity index (χ2n) is 4.63. The minimum atomic E-state index is -1.02. The Bertz CT molecular complexity index is 430. The van der Waals surface area contributed by atoms with Crippen molar-refractivity contribution < 1.29 is 19.4 Å². The molecule has 20 heavy (non-hydrogen) atoms. The number of aliphatic carboxylic acids is 1. The molecule has 0 aliphatic rings. The van der Waals surface area contributed by atoms with Gasteiger partial charge in [-0.2, -0.15) is 0 Å². The molecule has 0 saturated heterocycles. The number of carbonyl (C=O) groups excluding carboxylic acids is 1. The summed E-state index contributed by atoms with van der Waals surface area (Å²) in [6.07, 6.45) is 3.06. The Hall–Kier alpha value is -2.04. The van der Waals surface area contributed by atoms with Crippen LogP contribution in [0.3, 0.4) is 0 Å². The number of aldehydes is 1. The minimum Gasteiger partial charge on any atom is -0.497 e. The van der Waals surface area contributed by atoms with Crippen LogP contribution in [-0.4, -0.2) is 30.5 Å². The van der Waals surface area contributed by atoms with Crippen LogP contribution in [0.25, 0.3) is 0 Å². The van der Waals surface area contributed by atoms with Gasteiger partial charge in [-0.1, -0.05) is 19.8 Å². The maximum atomic E-state index is 11.3. The summed E-state index contributed by atoms with van der Waals surface area (Å²) in [6.45, 7) is 2.01. The summed E-state index contributed by atoms with van der Waals surface area (Å²) >= 11 is 0. The van der Waals surface area contributed by atoms with Crippen LogP contribution in [0.2, 0.25) is 0 Å². The van der Waals surface area contributed by atoms with Gasteiger partial charge in [0.05, 0.1) is 7.11 Å². The number of methoxy groups -OCH3 is 1. The zero-order valence-electron chi connectivity index (χ0n) is 11.8. The highest BCUT2D eigenvalue weighted by molar-refractivity contribution is 5.81. The maximum absolute atomic E-state index is 11.3. The number of benzene rings is 1. The lowest BCUT2D eigenvalue weighted by Gasteiger charge is -2.21. The summed E-state index contributed by atoms with van der Waals surface area (Å²) in [5.41, 5.74) is 0.654. The Morgan fingerprint density at radius 1 is 1.40 bits per heavy atom. The van der Waals surface area contributed by atoms with E-state index in [0.717, 1.165) is 19.1 Å². The van der Waals surface area contributed by atoms with E-state index in [0.29, 0.717) is 17.9 Å². The highest BCUT2D eigenvalue weighted by atomic mass is 16.5. The van der Waals surface area contributed by atoms with Crippen molar-refractivity contribution in [1.82, 2.24) is 0 Å². The number of anilines is 1. The topological polar surface area (TPSA) is 75.6 Å². The first-order chi connectivity index (χ1) is 9.62. The van der Waals surface area contributed by atoms with Gasteiger partial charge in [0, 0.05) is 11.6 Å². The molecule has 0 aromatic heterocycles. The lowest BCUT2D eigenvalue weighted by atomic mass is 9.95. The molecule has 1 rings (SSSR count). The number of rotatable bonds is 9. The predicted octanol–water partition coefficient (Wildman–Crippen LogP) is 2.57. The Balaban J connectivity index is 2.79. The molecule has 0 saturated carbocycles. The van der Waals surface area contributed by atoms with Gasteiger partial charge in [-0.05, 0) is 30.7 Å². The predicted molar refractivity (Wildman–Crippen MR) is 77.1 cm³/mol. The SMILES string of the molecule is CCCC[C@@H](C=O)[C@H](Nc1ccc(OC)cc1)C(=O)O. The average molecular weight is 279 g/mol. The van der Waals surface area contributed by atoms with Crippen LogP contribution in [0.5, 0.6) is 5.75 Å². The molecule has 0 heterocycles. The summed E-state index contributed by atoms with van der Waals surface area (Å²) in [5, 5.41) is 12.2. The number of hydrogen-bond acceptors (Lipinski definition) is 4. The van der Waals surface area contributed by atoms with Gasteiger partial charge in [-0.25, -0.2) is 4.79 Å². The summed E-state index contributed by atoms with van der Waals surface area (Å²) in [5.74, 6) is -0.857. The van der Waals surface area contributed by atoms with Gasteiger partial charge in [-0.3, -0.25) is 0 Å². The van der Waals surface area contributed by atoms with E-state index < -0.39 is 17.9 Å². The monoisotopic (exact) mass is 279 g/mol. The van der Waals surface area contributed by atoms with Crippen LogP contribution in [-0.2, 0) is 9.59 Å². The van der Waals surface area contributed by atoms with Crippen molar-refractivity contribution >= 4 is 17.9 Å². The Morgan fingerprint density at radius 3 is 2.50 bits per heavy atom. The van der Waals surface area contributed by atoms with Gasteiger partial charge < -0.3 is 20.0 Å². The molecule has 5 nitrogen and oxygen atoms in total. The van der Waals surface area contributed by atoms with E-state index in [1.54, 1.807) is 31.4 Å². The Morgan fingerprint density at radius 2 is 2.05 bits per heavy atom. The third kappa shape index (κ3) is 4.57. The molecule has 2 atom stereocenters. The van der Waals surface area contributed by atoms with E-state index in [-0.39, 0.29) is 0 Å². The van der Waals surface area contributed by atoms with Crippen molar-refractivity contribution in [3.05, 3.63) is 24.3 Å². The summed E-state index contributed by atoms with van der Waals surface area (Å²) in [6, 6.07) is 6.03. The van der Waals surface area contributed by atoms with E-state index in [4.69, 9.17) is 4.74 Å². The first-order valence-corrected chi connectivity index (χ1v) is 6.71. The van der Waals surface area contributed by atoms with Crippen LogP contribution < -0.4 is 10.1 Å². The summed E-state index contributed by atoms with van der Waals surface area (Å²) in [4.78, 5) is 22.5. The van der Waals surface area contributed by atoms with Crippen molar-refractivity contribution in [2.45, 2.75) is 32.2 Å². The van der Waals surface area contributed by atoms with E-state index in [1.807, 2.05) is 6.92 Å². The third-order valence-corrected chi connectivity index (χ3v) is 3.17. The molecular formula is C15H21NO4. The van der Waals surface area contributed by atoms with Gasteiger partial charge in [0.1, 0.15) is 18.1 Å². The Kier molecular flexibility index (Phi) is 6.56. The number of hydrogen-bond donors (Lipinski definition) is 2. The standard InChI is InChI=1S/C15H21NO4/c1-3-4-5-11(10-17)14(15(18)19)16-12-6-8-13(20-2)9-7-12/h6-11,14,16H,3-5H2,1-2H3,(H,18,19)/t11-,14-/m0/s1. The lowest BCUT2D eigenvalue weighted by molar-refractivity contribution is -0.140. The van der Waals surface area contributed by atoms with Gasteiger partial charge in [0.2, 0.25) is 0 Å². The zero-order valence-corrected chi connectivity index (χ0v) is 11.8. The van der Waals surface area contributed by atoms with E-state index in [2.05, 4.69) is 5.32 Å². The molecule has 0 aliphatic carbocycles. The molecule has 0 bridgehead atoms. The molecule has 0 fully saturated rings. The van der Waals surface area contributed by atoms with Gasteiger partial charge >= 0.3 is 5.97 Å². The number of nitrogens with one attached hydrogen (secondary N) is 1. The van der Waals surface area contributed by atoms with Gasteiger partial charge in [0.25, 0.3) is 0 Å². The molecule has 1 aromatic carbocycles. The Labute approximate surface area is 118 Å². The molecular weight excluding hydrogens is 258 g/mol. The molecule has 0 aliphatic heterocycles. The van der Waals surface area contributed by atoms with Crippen molar-refractivity contribution in [3.8, 4) is 5.75 Å². The first kappa shape index (κ1) is 16.0. The number of carbonyl (C=O) groups is 2. The van der Waals surface area contributed by atoms with Crippen molar-refractivity contribution in [2.75, 3.05) is 12.4 Å². The molecule has 5 heteroatoms. The quantitative estimate of drug-likeness (QED) is 0.679. The zero-order chi connectivity index (χ0) is 15.0. The molecule has 0 unspecified atom stereocenters.